The summed E-state index contributed by atoms with van der Waals surface area (Å²) in [6.45, 7) is 0. The molecular formula is C14H12FN5. The average Bonchev–Trinajstić information content (AvgIpc) is 3.17. The maximum Gasteiger partial charge on any atom is 0.254 e. The Hall–Kier alpha value is -2.50. The van der Waals surface area contributed by atoms with Crippen molar-refractivity contribution in [2.45, 2.75) is 18.6 Å². The number of benzene rings is 1. The zero-order chi connectivity index (χ0) is 13.5. The lowest BCUT2D eigenvalue weighted by atomic mass is 10.0. The van der Waals surface area contributed by atoms with E-state index in [2.05, 4.69) is 15.1 Å². The van der Waals surface area contributed by atoms with Crippen LogP contribution in [0.3, 0.4) is 0 Å². The minimum Gasteiger partial charge on any atom is -0.273 e. The number of alkyl halides is 1. The molecule has 2 aromatic heterocycles. The van der Waals surface area contributed by atoms with Crippen LogP contribution in [0.2, 0.25) is 0 Å². The van der Waals surface area contributed by atoms with Gasteiger partial charge in [0.25, 0.3) is 5.95 Å². The first kappa shape index (κ1) is 11.3. The summed E-state index contributed by atoms with van der Waals surface area (Å²) >= 11 is 0. The number of fused-ring (bicyclic) bond motifs is 1. The molecule has 1 aliphatic heterocycles. The second kappa shape index (κ2) is 4.26. The lowest BCUT2D eigenvalue weighted by molar-refractivity contribution is 0.328. The molecule has 0 spiro atoms. The first-order valence-electron chi connectivity index (χ1n) is 6.47. The van der Waals surface area contributed by atoms with E-state index in [0.717, 1.165) is 5.56 Å². The van der Waals surface area contributed by atoms with Gasteiger partial charge in [-0.3, -0.25) is 4.57 Å². The molecule has 0 radical (unpaired) electrons. The van der Waals surface area contributed by atoms with Gasteiger partial charge < -0.3 is 0 Å². The van der Waals surface area contributed by atoms with Crippen LogP contribution in [0.5, 0.6) is 0 Å². The molecule has 0 fully saturated rings. The summed E-state index contributed by atoms with van der Waals surface area (Å²) in [5, 5.41) is 4.43. The SMILES string of the molecule is FC1CC(c2ccccc2)n2nc(-n3ccnc3)nc21. The van der Waals surface area contributed by atoms with E-state index in [4.69, 9.17) is 0 Å². The fraction of sp³-hybridized carbons (Fsp3) is 0.214. The Morgan fingerprint density at radius 1 is 1.20 bits per heavy atom. The van der Waals surface area contributed by atoms with Crippen LogP contribution in [0.1, 0.15) is 30.0 Å². The van der Waals surface area contributed by atoms with Crippen molar-refractivity contribution in [3.63, 3.8) is 0 Å². The topological polar surface area (TPSA) is 48.5 Å². The van der Waals surface area contributed by atoms with Gasteiger partial charge in [-0.1, -0.05) is 30.3 Å². The molecule has 5 nitrogen and oxygen atoms in total. The highest BCUT2D eigenvalue weighted by Gasteiger charge is 2.35. The highest BCUT2D eigenvalue weighted by molar-refractivity contribution is 5.25. The summed E-state index contributed by atoms with van der Waals surface area (Å²) in [5.74, 6) is 0.850. The van der Waals surface area contributed by atoms with E-state index in [1.54, 1.807) is 28.0 Å². The molecule has 0 amide bonds. The normalized spacial score (nSPS) is 21.1. The molecule has 3 heterocycles. The molecule has 0 N–H and O–H groups in total. The van der Waals surface area contributed by atoms with Crippen LogP contribution >= 0.6 is 0 Å². The molecular weight excluding hydrogens is 257 g/mol. The van der Waals surface area contributed by atoms with Gasteiger partial charge in [0.2, 0.25) is 0 Å². The molecule has 2 atom stereocenters. The molecule has 3 aromatic rings. The van der Waals surface area contributed by atoms with Crippen LogP contribution in [-0.4, -0.2) is 24.3 Å². The second-order valence-corrected chi connectivity index (χ2v) is 4.81. The largest absolute Gasteiger partial charge is 0.273 e. The predicted molar refractivity (Wildman–Crippen MR) is 70.2 cm³/mol. The Labute approximate surface area is 114 Å². The van der Waals surface area contributed by atoms with Crippen molar-refractivity contribution in [3.05, 3.63) is 60.4 Å². The van der Waals surface area contributed by atoms with Gasteiger partial charge in [-0.05, 0) is 5.56 Å². The van der Waals surface area contributed by atoms with Gasteiger partial charge in [-0.25, -0.2) is 14.1 Å². The summed E-state index contributed by atoms with van der Waals surface area (Å²) in [6, 6.07) is 9.74. The third-order valence-corrected chi connectivity index (χ3v) is 3.57. The van der Waals surface area contributed by atoms with Crippen LogP contribution in [0.15, 0.2) is 49.1 Å². The minimum absolute atomic E-state index is 0.0917. The van der Waals surface area contributed by atoms with Crippen molar-refractivity contribution in [1.82, 2.24) is 24.3 Å². The number of imidazole rings is 1. The van der Waals surface area contributed by atoms with Crippen molar-refractivity contribution < 1.29 is 4.39 Å². The summed E-state index contributed by atoms with van der Waals surface area (Å²) in [7, 11) is 0. The number of nitrogens with zero attached hydrogens (tertiary/aromatic N) is 5. The fourth-order valence-corrected chi connectivity index (χ4v) is 2.61. The Kier molecular flexibility index (Phi) is 2.42. The van der Waals surface area contributed by atoms with Gasteiger partial charge >= 0.3 is 0 Å². The van der Waals surface area contributed by atoms with E-state index in [9.17, 15) is 4.39 Å². The summed E-state index contributed by atoms with van der Waals surface area (Å²) in [6.07, 6.45) is 4.31. The predicted octanol–water partition coefficient (Wildman–Crippen LogP) is 2.47. The molecule has 0 bridgehead atoms. The summed E-state index contributed by atoms with van der Waals surface area (Å²) < 4.78 is 17.5. The van der Waals surface area contributed by atoms with Gasteiger partial charge in [-0.15, -0.1) is 5.10 Å². The lowest BCUT2D eigenvalue weighted by Gasteiger charge is -2.11. The maximum atomic E-state index is 14.2. The third-order valence-electron chi connectivity index (χ3n) is 3.57. The van der Waals surface area contributed by atoms with Crippen LogP contribution in [0, 0.1) is 0 Å². The van der Waals surface area contributed by atoms with Crippen LogP contribution in [0.25, 0.3) is 5.95 Å². The van der Waals surface area contributed by atoms with Gasteiger partial charge in [0.05, 0.1) is 6.04 Å². The molecule has 100 valence electrons. The molecule has 0 saturated carbocycles. The zero-order valence-electron chi connectivity index (χ0n) is 10.6. The van der Waals surface area contributed by atoms with Crippen molar-refractivity contribution in [1.29, 1.82) is 0 Å². The van der Waals surface area contributed by atoms with Crippen molar-refractivity contribution >= 4 is 0 Å². The van der Waals surface area contributed by atoms with E-state index in [1.807, 2.05) is 30.3 Å². The first-order chi connectivity index (χ1) is 9.83. The number of rotatable bonds is 2. The Bertz CT molecular complexity index is 719. The lowest BCUT2D eigenvalue weighted by Crippen LogP contribution is -2.08. The molecule has 0 saturated heterocycles. The highest BCUT2D eigenvalue weighted by Crippen LogP contribution is 2.39. The van der Waals surface area contributed by atoms with Gasteiger partial charge in [0.1, 0.15) is 6.33 Å². The molecule has 20 heavy (non-hydrogen) atoms. The van der Waals surface area contributed by atoms with Crippen LogP contribution in [0.4, 0.5) is 4.39 Å². The molecule has 1 aliphatic rings. The van der Waals surface area contributed by atoms with Crippen molar-refractivity contribution in [2.24, 2.45) is 0 Å². The van der Waals surface area contributed by atoms with E-state index in [1.165, 1.54) is 0 Å². The smallest absolute Gasteiger partial charge is 0.254 e. The molecule has 4 rings (SSSR count). The Balaban J connectivity index is 1.79. The Morgan fingerprint density at radius 3 is 2.80 bits per heavy atom. The number of hydrogen-bond acceptors (Lipinski definition) is 3. The van der Waals surface area contributed by atoms with Crippen molar-refractivity contribution in [3.8, 4) is 5.95 Å². The number of hydrogen-bond donors (Lipinski definition) is 0. The first-order valence-corrected chi connectivity index (χ1v) is 6.47. The summed E-state index contributed by atoms with van der Waals surface area (Å²) in [5.41, 5.74) is 1.05. The standard InChI is InChI=1S/C14H12FN5/c15-11-8-12(10-4-2-1-3-5-10)20-13(11)17-14(18-20)19-7-6-16-9-19/h1-7,9,11-12H,8H2. The summed E-state index contributed by atoms with van der Waals surface area (Å²) in [4.78, 5) is 8.25. The van der Waals surface area contributed by atoms with Crippen molar-refractivity contribution in [2.75, 3.05) is 0 Å². The van der Waals surface area contributed by atoms with Gasteiger partial charge in [0, 0.05) is 18.8 Å². The second-order valence-electron chi connectivity index (χ2n) is 4.81. The quantitative estimate of drug-likeness (QED) is 0.718. The van der Waals surface area contributed by atoms with Gasteiger partial charge in [-0.2, -0.15) is 4.98 Å². The molecule has 1 aromatic carbocycles. The van der Waals surface area contributed by atoms with Crippen LogP contribution in [-0.2, 0) is 0 Å². The maximum absolute atomic E-state index is 14.2. The monoisotopic (exact) mass is 269 g/mol. The van der Waals surface area contributed by atoms with Gasteiger partial charge in [0.15, 0.2) is 12.0 Å². The molecule has 0 aliphatic carbocycles. The average molecular weight is 269 g/mol. The Morgan fingerprint density at radius 2 is 2.05 bits per heavy atom. The van der Waals surface area contributed by atoms with E-state index >= 15 is 0 Å². The number of aromatic nitrogens is 5. The molecule has 6 heteroatoms. The van der Waals surface area contributed by atoms with E-state index in [-0.39, 0.29) is 6.04 Å². The molecule has 2 unspecified atom stereocenters. The van der Waals surface area contributed by atoms with E-state index < -0.39 is 6.17 Å². The zero-order valence-corrected chi connectivity index (χ0v) is 10.6. The minimum atomic E-state index is -1.08. The fourth-order valence-electron chi connectivity index (χ4n) is 2.61. The number of halogens is 1. The van der Waals surface area contributed by atoms with E-state index in [0.29, 0.717) is 18.2 Å². The highest BCUT2D eigenvalue weighted by atomic mass is 19.1. The van der Waals surface area contributed by atoms with Crippen LogP contribution < -0.4 is 0 Å². The third kappa shape index (κ3) is 1.65.